The van der Waals surface area contributed by atoms with Gasteiger partial charge >= 0.3 is 0 Å². The number of H-pyrrole nitrogens is 1. The van der Waals surface area contributed by atoms with E-state index in [1.165, 1.54) is 0 Å². The number of hydrogen-bond donors (Lipinski definition) is 3. The van der Waals surface area contributed by atoms with E-state index in [0.717, 1.165) is 12.1 Å². The predicted molar refractivity (Wildman–Crippen MR) is 65.5 cm³/mol. The minimum Gasteiger partial charge on any atom is -0.392 e. The van der Waals surface area contributed by atoms with Crippen molar-refractivity contribution in [1.29, 1.82) is 0 Å². The molecule has 1 aromatic carbocycles. The van der Waals surface area contributed by atoms with E-state index in [4.69, 9.17) is 16.7 Å². The summed E-state index contributed by atoms with van der Waals surface area (Å²) in [6, 6.07) is 2.10. The van der Waals surface area contributed by atoms with Gasteiger partial charge < -0.3 is 5.11 Å². The molecule has 0 aliphatic carbocycles. The molecule has 20 heavy (non-hydrogen) atoms. The summed E-state index contributed by atoms with van der Waals surface area (Å²) in [6.07, 6.45) is 0. The number of halogens is 2. The first-order valence-electron chi connectivity index (χ1n) is 5.25. The summed E-state index contributed by atoms with van der Waals surface area (Å²) in [5.74, 6) is -0.962. The lowest BCUT2D eigenvalue weighted by molar-refractivity contribution is 0.274. The summed E-state index contributed by atoms with van der Waals surface area (Å²) in [5.41, 5.74) is -0.211. The monoisotopic (exact) mass is 321 g/mol. The number of aliphatic hydroxyl groups excluding tert-OH is 1. The van der Waals surface area contributed by atoms with Crippen molar-refractivity contribution in [2.75, 3.05) is 0 Å². The lowest BCUT2D eigenvalue weighted by Crippen LogP contribution is -2.25. The molecule has 0 aliphatic rings. The lowest BCUT2D eigenvalue weighted by atomic mass is 10.2. The Kier molecular flexibility index (Phi) is 4.28. The fourth-order valence-corrected chi connectivity index (χ4v) is 2.85. The van der Waals surface area contributed by atoms with Gasteiger partial charge in [-0.25, -0.2) is 17.5 Å². The van der Waals surface area contributed by atoms with Gasteiger partial charge in [0.2, 0.25) is 10.0 Å². The Balaban J connectivity index is 2.31. The Hall–Kier alpha value is -1.62. The Morgan fingerprint density at radius 1 is 1.45 bits per heavy atom. The van der Waals surface area contributed by atoms with E-state index in [1.807, 2.05) is 0 Å². The molecule has 2 rings (SSSR count). The number of hydrogen-bond acceptors (Lipinski definition) is 6. The van der Waals surface area contributed by atoms with Crippen LogP contribution in [0.5, 0.6) is 0 Å². The van der Waals surface area contributed by atoms with E-state index in [-0.39, 0.29) is 23.0 Å². The Bertz CT molecular complexity index is 707. The summed E-state index contributed by atoms with van der Waals surface area (Å²) >= 11 is 5.70. The van der Waals surface area contributed by atoms with Crippen LogP contribution in [-0.2, 0) is 23.2 Å². The van der Waals surface area contributed by atoms with Crippen molar-refractivity contribution >= 4 is 21.6 Å². The number of benzene rings is 1. The molecular weight excluding hydrogens is 313 g/mol. The van der Waals surface area contributed by atoms with Crippen molar-refractivity contribution in [3.63, 3.8) is 0 Å². The fraction of sp³-hybridized carbons (Fsp3) is 0.222. The Morgan fingerprint density at radius 3 is 2.80 bits per heavy atom. The number of tetrazole rings is 1. The molecule has 108 valence electrons. The molecule has 0 radical (unpaired) electrons. The number of nitrogens with zero attached hydrogens (tertiary/aromatic N) is 3. The van der Waals surface area contributed by atoms with Crippen LogP contribution in [0.4, 0.5) is 4.39 Å². The zero-order valence-electron chi connectivity index (χ0n) is 9.84. The van der Waals surface area contributed by atoms with Crippen LogP contribution in [0.3, 0.4) is 0 Å². The van der Waals surface area contributed by atoms with E-state index >= 15 is 0 Å². The lowest BCUT2D eigenvalue weighted by Gasteiger charge is -2.09. The van der Waals surface area contributed by atoms with Gasteiger partial charge in [0.25, 0.3) is 0 Å². The molecule has 1 aromatic heterocycles. The molecule has 0 spiro atoms. The molecule has 0 fully saturated rings. The maximum atomic E-state index is 13.9. The number of aromatic amines is 1. The normalized spacial score (nSPS) is 11.8. The molecule has 0 amide bonds. The number of aromatic nitrogens is 4. The predicted octanol–water partition coefficient (Wildman–Crippen LogP) is -0.0370. The summed E-state index contributed by atoms with van der Waals surface area (Å²) in [5, 5.41) is 21.5. The van der Waals surface area contributed by atoms with Crippen LogP contribution in [0.2, 0.25) is 5.02 Å². The molecule has 2 aromatic rings. The molecule has 1 heterocycles. The van der Waals surface area contributed by atoms with Crippen molar-refractivity contribution < 1.29 is 17.9 Å². The van der Waals surface area contributed by atoms with E-state index in [9.17, 15) is 12.8 Å². The first kappa shape index (κ1) is 14.8. The highest BCUT2D eigenvalue weighted by Crippen LogP contribution is 2.23. The molecule has 0 atom stereocenters. The average Bonchev–Trinajstić information content (AvgIpc) is 2.92. The second kappa shape index (κ2) is 5.79. The topological polar surface area (TPSA) is 121 Å². The highest BCUT2D eigenvalue weighted by molar-refractivity contribution is 7.89. The quantitative estimate of drug-likeness (QED) is 0.710. The summed E-state index contributed by atoms with van der Waals surface area (Å²) < 4.78 is 40.0. The SMILES string of the molecule is O=S(=O)(NCc1nn[nH]n1)c1cc(Cl)cc(CO)c1F. The third-order valence-corrected chi connectivity index (χ3v) is 3.97. The van der Waals surface area contributed by atoms with Crippen LogP contribution in [0.15, 0.2) is 17.0 Å². The zero-order chi connectivity index (χ0) is 14.8. The third-order valence-electron chi connectivity index (χ3n) is 2.35. The number of rotatable bonds is 5. The summed E-state index contributed by atoms with van der Waals surface area (Å²) in [7, 11) is -4.16. The molecule has 0 aliphatic heterocycles. The van der Waals surface area contributed by atoms with Crippen molar-refractivity contribution in [2.24, 2.45) is 0 Å². The standard InChI is InChI=1S/C9H9ClFN5O3S/c10-6-1-5(4-17)9(11)7(2-6)20(18,19)12-3-8-13-15-16-14-8/h1-2,12,17H,3-4H2,(H,13,14,15,16). The van der Waals surface area contributed by atoms with Gasteiger partial charge in [0.15, 0.2) is 5.82 Å². The smallest absolute Gasteiger partial charge is 0.243 e. The van der Waals surface area contributed by atoms with Crippen LogP contribution in [0.25, 0.3) is 0 Å². The average molecular weight is 322 g/mol. The summed E-state index contributed by atoms with van der Waals surface area (Å²) in [6.45, 7) is -0.932. The van der Waals surface area contributed by atoms with Crippen molar-refractivity contribution in [1.82, 2.24) is 25.3 Å². The van der Waals surface area contributed by atoms with Gasteiger partial charge in [0, 0.05) is 10.6 Å². The van der Waals surface area contributed by atoms with E-state index in [2.05, 4.69) is 25.3 Å². The molecule has 11 heteroatoms. The van der Waals surface area contributed by atoms with Gasteiger partial charge in [-0.05, 0) is 12.1 Å². The molecular formula is C9H9ClFN5O3S. The van der Waals surface area contributed by atoms with Crippen LogP contribution in [-0.4, -0.2) is 34.1 Å². The summed E-state index contributed by atoms with van der Waals surface area (Å²) in [4.78, 5) is -0.655. The van der Waals surface area contributed by atoms with Crippen LogP contribution < -0.4 is 4.72 Å². The van der Waals surface area contributed by atoms with Crippen LogP contribution >= 0.6 is 11.6 Å². The molecule has 8 nitrogen and oxygen atoms in total. The number of sulfonamides is 1. The minimum absolute atomic E-state index is 0.00427. The number of aliphatic hydroxyl groups is 1. The van der Waals surface area contributed by atoms with Crippen LogP contribution in [0, 0.1) is 5.82 Å². The van der Waals surface area contributed by atoms with Crippen molar-refractivity contribution in [3.8, 4) is 0 Å². The van der Waals surface area contributed by atoms with E-state index in [1.54, 1.807) is 0 Å². The number of nitrogens with one attached hydrogen (secondary N) is 2. The van der Waals surface area contributed by atoms with Gasteiger partial charge in [-0.15, -0.1) is 10.2 Å². The Labute approximate surface area is 118 Å². The fourth-order valence-electron chi connectivity index (χ4n) is 1.42. The Morgan fingerprint density at radius 2 is 2.20 bits per heavy atom. The van der Waals surface area contributed by atoms with Crippen molar-refractivity contribution in [3.05, 3.63) is 34.4 Å². The molecule has 0 saturated carbocycles. The van der Waals surface area contributed by atoms with Crippen LogP contribution in [0.1, 0.15) is 11.4 Å². The maximum absolute atomic E-state index is 13.9. The van der Waals surface area contributed by atoms with Crippen molar-refractivity contribution in [2.45, 2.75) is 18.0 Å². The molecule has 0 bridgehead atoms. The minimum atomic E-state index is -4.16. The second-order valence-electron chi connectivity index (χ2n) is 3.69. The highest BCUT2D eigenvalue weighted by Gasteiger charge is 2.22. The van der Waals surface area contributed by atoms with Gasteiger partial charge in [0.05, 0.1) is 13.2 Å². The first-order valence-corrected chi connectivity index (χ1v) is 7.11. The largest absolute Gasteiger partial charge is 0.392 e. The van der Waals surface area contributed by atoms with Gasteiger partial charge in [-0.1, -0.05) is 16.8 Å². The molecule has 3 N–H and O–H groups in total. The molecule has 0 unspecified atom stereocenters. The van der Waals surface area contributed by atoms with Gasteiger partial charge in [-0.3, -0.25) is 0 Å². The van der Waals surface area contributed by atoms with Gasteiger partial charge in [-0.2, -0.15) is 5.21 Å². The molecule has 0 saturated heterocycles. The van der Waals surface area contributed by atoms with Gasteiger partial charge in [0.1, 0.15) is 10.7 Å². The van der Waals surface area contributed by atoms with E-state index < -0.39 is 27.3 Å². The maximum Gasteiger partial charge on any atom is 0.243 e. The van der Waals surface area contributed by atoms with E-state index in [0.29, 0.717) is 0 Å². The highest BCUT2D eigenvalue weighted by atomic mass is 35.5. The zero-order valence-corrected chi connectivity index (χ0v) is 11.4. The first-order chi connectivity index (χ1) is 9.44. The second-order valence-corrected chi connectivity index (χ2v) is 5.86. The third kappa shape index (κ3) is 3.10.